The molecule has 0 saturated heterocycles. The van der Waals surface area contributed by atoms with Gasteiger partial charge in [-0.25, -0.2) is 4.39 Å². The first-order valence-electron chi connectivity index (χ1n) is 6.27. The highest BCUT2D eigenvalue weighted by molar-refractivity contribution is 6.01. The molecule has 2 aromatic rings. The third-order valence-electron chi connectivity index (χ3n) is 3.17. The number of Topliss-reactive ketones (excluding diaryl/α,β-unsaturated/α-hetero) is 1. The van der Waals surface area contributed by atoms with E-state index in [2.05, 4.69) is 0 Å². The summed E-state index contributed by atoms with van der Waals surface area (Å²) in [7, 11) is 1.79. The van der Waals surface area contributed by atoms with Crippen LogP contribution in [0.4, 0.5) is 10.1 Å². The molecule has 0 spiro atoms. The van der Waals surface area contributed by atoms with Crippen LogP contribution in [-0.2, 0) is 0 Å². The van der Waals surface area contributed by atoms with Crippen molar-refractivity contribution in [3.63, 3.8) is 0 Å². The van der Waals surface area contributed by atoms with Crippen molar-refractivity contribution in [2.75, 3.05) is 18.5 Å². The fourth-order valence-electron chi connectivity index (χ4n) is 2.11. The van der Waals surface area contributed by atoms with Crippen LogP contribution < -0.4 is 4.90 Å². The third kappa shape index (κ3) is 2.96. The SMILES string of the molecule is Cc1ccccc1N(C)CC(=O)c1cc(F)ccc1O. The summed E-state index contributed by atoms with van der Waals surface area (Å²) in [5, 5.41) is 9.64. The molecule has 0 heterocycles. The van der Waals surface area contributed by atoms with Crippen molar-refractivity contribution >= 4 is 11.5 Å². The summed E-state index contributed by atoms with van der Waals surface area (Å²) in [6.45, 7) is 2.03. The van der Waals surface area contributed by atoms with Gasteiger partial charge in [-0.3, -0.25) is 4.79 Å². The molecule has 0 saturated carbocycles. The van der Waals surface area contributed by atoms with Crippen molar-refractivity contribution in [3.8, 4) is 5.75 Å². The van der Waals surface area contributed by atoms with Gasteiger partial charge in [0.05, 0.1) is 12.1 Å². The number of phenols is 1. The second-order valence-corrected chi connectivity index (χ2v) is 4.73. The molecule has 0 fully saturated rings. The first-order valence-corrected chi connectivity index (χ1v) is 6.27. The lowest BCUT2D eigenvalue weighted by molar-refractivity contribution is 0.0997. The molecule has 0 aromatic heterocycles. The van der Waals surface area contributed by atoms with Crippen molar-refractivity contribution in [2.24, 2.45) is 0 Å². The molecular weight excluding hydrogens is 257 g/mol. The first kappa shape index (κ1) is 14.1. The maximum atomic E-state index is 13.2. The standard InChI is InChI=1S/C16H16FNO2/c1-11-5-3-4-6-14(11)18(2)10-16(20)13-9-12(17)7-8-15(13)19/h3-9,19H,10H2,1-2H3. The lowest BCUT2D eigenvalue weighted by Crippen LogP contribution is -2.26. The Kier molecular flexibility index (Phi) is 4.03. The van der Waals surface area contributed by atoms with E-state index in [1.807, 2.05) is 31.2 Å². The molecule has 0 aliphatic carbocycles. The fraction of sp³-hybridized carbons (Fsp3) is 0.188. The molecular formula is C16H16FNO2. The Morgan fingerprint density at radius 3 is 2.65 bits per heavy atom. The highest BCUT2D eigenvalue weighted by atomic mass is 19.1. The van der Waals surface area contributed by atoms with Crippen LogP contribution in [0.25, 0.3) is 0 Å². The number of phenolic OH excluding ortho intramolecular Hbond substituents is 1. The number of ketones is 1. The van der Waals surface area contributed by atoms with Gasteiger partial charge < -0.3 is 10.0 Å². The molecule has 4 heteroatoms. The van der Waals surface area contributed by atoms with Crippen LogP contribution >= 0.6 is 0 Å². The molecule has 2 rings (SSSR count). The molecule has 104 valence electrons. The van der Waals surface area contributed by atoms with Crippen molar-refractivity contribution in [3.05, 3.63) is 59.4 Å². The van der Waals surface area contributed by atoms with Crippen molar-refractivity contribution < 1.29 is 14.3 Å². The molecule has 3 nitrogen and oxygen atoms in total. The minimum Gasteiger partial charge on any atom is -0.507 e. The molecule has 2 aromatic carbocycles. The van der Waals surface area contributed by atoms with Gasteiger partial charge in [-0.05, 0) is 36.8 Å². The van der Waals surface area contributed by atoms with E-state index < -0.39 is 5.82 Å². The largest absolute Gasteiger partial charge is 0.507 e. The summed E-state index contributed by atoms with van der Waals surface area (Å²) >= 11 is 0. The van der Waals surface area contributed by atoms with Gasteiger partial charge in [0.25, 0.3) is 0 Å². The summed E-state index contributed by atoms with van der Waals surface area (Å²) < 4.78 is 13.2. The summed E-state index contributed by atoms with van der Waals surface area (Å²) in [5.41, 5.74) is 1.98. The number of hydrogen-bond acceptors (Lipinski definition) is 3. The topological polar surface area (TPSA) is 40.5 Å². The minimum atomic E-state index is -0.537. The monoisotopic (exact) mass is 273 g/mol. The zero-order chi connectivity index (χ0) is 14.7. The minimum absolute atomic E-state index is 0.00503. The number of nitrogens with zero attached hydrogens (tertiary/aromatic N) is 1. The maximum Gasteiger partial charge on any atom is 0.185 e. The highest BCUT2D eigenvalue weighted by Crippen LogP contribution is 2.21. The van der Waals surface area contributed by atoms with Crippen LogP contribution in [0, 0.1) is 12.7 Å². The molecule has 0 amide bonds. The lowest BCUT2D eigenvalue weighted by atomic mass is 10.1. The second-order valence-electron chi connectivity index (χ2n) is 4.73. The number of carbonyl (C=O) groups is 1. The molecule has 0 unspecified atom stereocenters. The smallest absolute Gasteiger partial charge is 0.185 e. The quantitative estimate of drug-likeness (QED) is 0.870. The Morgan fingerprint density at radius 1 is 1.25 bits per heavy atom. The lowest BCUT2D eigenvalue weighted by Gasteiger charge is -2.20. The summed E-state index contributed by atoms with van der Waals surface area (Å²) in [6.07, 6.45) is 0. The van der Waals surface area contributed by atoms with Crippen molar-refractivity contribution in [1.29, 1.82) is 0 Å². The Balaban J connectivity index is 2.20. The second kappa shape index (κ2) is 5.74. The van der Waals surface area contributed by atoms with Gasteiger partial charge in [-0.2, -0.15) is 0 Å². The molecule has 20 heavy (non-hydrogen) atoms. The molecule has 0 radical (unpaired) electrons. The first-order chi connectivity index (χ1) is 9.49. The molecule has 0 atom stereocenters. The van der Waals surface area contributed by atoms with Gasteiger partial charge in [0, 0.05) is 12.7 Å². The Morgan fingerprint density at radius 2 is 1.95 bits per heavy atom. The molecule has 1 N–H and O–H groups in total. The van der Waals surface area contributed by atoms with Gasteiger partial charge in [0.15, 0.2) is 5.78 Å². The highest BCUT2D eigenvalue weighted by Gasteiger charge is 2.15. The zero-order valence-electron chi connectivity index (χ0n) is 11.4. The number of halogens is 1. The zero-order valence-corrected chi connectivity index (χ0v) is 11.4. The number of rotatable bonds is 4. The van der Waals surface area contributed by atoms with Crippen LogP contribution in [0.15, 0.2) is 42.5 Å². The average Bonchev–Trinajstić information content (AvgIpc) is 2.41. The number of hydrogen-bond donors (Lipinski definition) is 1. The summed E-state index contributed by atoms with van der Waals surface area (Å²) in [4.78, 5) is 13.9. The van der Waals surface area contributed by atoms with E-state index in [1.165, 1.54) is 6.07 Å². The maximum absolute atomic E-state index is 13.2. The van der Waals surface area contributed by atoms with Gasteiger partial charge >= 0.3 is 0 Å². The van der Waals surface area contributed by atoms with Crippen LogP contribution in [-0.4, -0.2) is 24.5 Å². The molecule has 0 aliphatic rings. The Hall–Kier alpha value is -2.36. The number of carbonyl (C=O) groups excluding carboxylic acids is 1. The number of aromatic hydroxyl groups is 1. The van der Waals surface area contributed by atoms with E-state index in [-0.39, 0.29) is 23.6 Å². The molecule has 0 bridgehead atoms. The van der Waals surface area contributed by atoms with Gasteiger partial charge in [-0.1, -0.05) is 18.2 Å². The predicted molar refractivity (Wildman–Crippen MR) is 76.8 cm³/mol. The van der Waals surface area contributed by atoms with Gasteiger partial charge in [0.1, 0.15) is 11.6 Å². The fourth-order valence-corrected chi connectivity index (χ4v) is 2.11. The summed E-state index contributed by atoms with van der Waals surface area (Å²) in [6, 6.07) is 11.1. The van der Waals surface area contributed by atoms with E-state index in [0.29, 0.717) is 0 Å². The van der Waals surface area contributed by atoms with Crippen molar-refractivity contribution in [1.82, 2.24) is 0 Å². The van der Waals surface area contributed by atoms with Crippen molar-refractivity contribution in [2.45, 2.75) is 6.92 Å². The number of benzene rings is 2. The predicted octanol–water partition coefficient (Wildman–Crippen LogP) is 3.16. The Labute approximate surface area is 117 Å². The third-order valence-corrected chi connectivity index (χ3v) is 3.17. The van der Waals surface area contributed by atoms with Crippen LogP contribution in [0.3, 0.4) is 0 Å². The van der Waals surface area contributed by atoms with Crippen LogP contribution in [0.1, 0.15) is 15.9 Å². The van der Waals surface area contributed by atoms with Crippen LogP contribution in [0.2, 0.25) is 0 Å². The number of likely N-dealkylation sites (N-methyl/N-ethyl adjacent to an activating group) is 1. The van der Waals surface area contributed by atoms with E-state index in [4.69, 9.17) is 0 Å². The summed E-state index contributed by atoms with van der Waals surface area (Å²) in [5.74, 6) is -1.06. The number of para-hydroxylation sites is 1. The number of anilines is 1. The van der Waals surface area contributed by atoms with E-state index >= 15 is 0 Å². The van der Waals surface area contributed by atoms with E-state index in [0.717, 1.165) is 23.4 Å². The van der Waals surface area contributed by atoms with E-state index in [1.54, 1.807) is 11.9 Å². The average molecular weight is 273 g/mol. The van der Waals surface area contributed by atoms with E-state index in [9.17, 15) is 14.3 Å². The number of aryl methyl sites for hydroxylation is 1. The molecule has 0 aliphatic heterocycles. The van der Waals surface area contributed by atoms with Crippen LogP contribution in [0.5, 0.6) is 5.75 Å². The normalized spacial score (nSPS) is 10.3. The van der Waals surface area contributed by atoms with Gasteiger partial charge in [-0.15, -0.1) is 0 Å². The Bertz CT molecular complexity index is 640. The van der Waals surface area contributed by atoms with Gasteiger partial charge in [0.2, 0.25) is 0 Å².